The third-order valence-electron chi connectivity index (χ3n) is 2.25. The molecule has 0 atom stereocenters. The van der Waals surface area contributed by atoms with Crippen LogP contribution in [0.25, 0.3) is 16.6 Å². The largest absolute Gasteiger partial charge is 0.236 e. The normalized spacial score (nSPS) is 11.3. The number of rotatable bonds is 1. The van der Waals surface area contributed by atoms with Gasteiger partial charge >= 0.3 is 0 Å². The number of hydrogen-bond donors (Lipinski definition) is 0. The Morgan fingerprint density at radius 3 is 3.00 bits per heavy atom. The summed E-state index contributed by atoms with van der Waals surface area (Å²) in [5.74, 6) is 0.936. The van der Waals surface area contributed by atoms with Crippen molar-refractivity contribution in [2.24, 2.45) is 0 Å². The van der Waals surface area contributed by atoms with Gasteiger partial charge in [0.25, 0.3) is 0 Å². The molecule has 0 unspecified atom stereocenters. The molecule has 3 aromatic rings. The summed E-state index contributed by atoms with van der Waals surface area (Å²) in [5, 5.41) is 5.18. The Balaban J connectivity index is 2.47. The van der Waals surface area contributed by atoms with Crippen LogP contribution in [0.1, 0.15) is 5.82 Å². The summed E-state index contributed by atoms with van der Waals surface area (Å²) >= 11 is 5.69. The number of halogens is 1. The van der Waals surface area contributed by atoms with Gasteiger partial charge in [0.15, 0.2) is 11.5 Å². The quantitative estimate of drug-likeness (QED) is 0.587. The van der Waals surface area contributed by atoms with E-state index in [0.29, 0.717) is 11.7 Å². The molecule has 0 radical (unpaired) electrons. The summed E-state index contributed by atoms with van der Waals surface area (Å²) in [5.41, 5.74) is 1.72. The Bertz CT molecular complexity index is 631. The number of fused-ring (bicyclic) bond motifs is 3. The smallest absolute Gasteiger partial charge is 0.166 e. The number of benzene rings is 1. The maximum atomic E-state index is 5.69. The lowest BCUT2D eigenvalue weighted by atomic mass is 10.2. The SMILES string of the molecule is ClCc1nc2c3ccccc3ncn2n1. The highest BCUT2D eigenvalue weighted by Gasteiger charge is 2.06. The number of alkyl halides is 1. The summed E-state index contributed by atoms with van der Waals surface area (Å²) in [7, 11) is 0. The van der Waals surface area contributed by atoms with Crippen molar-refractivity contribution in [2.45, 2.75) is 5.88 Å². The lowest BCUT2D eigenvalue weighted by Crippen LogP contribution is -1.90. The minimum atomic E-state index is 0.315. The molecule has 0 saturated heterocycles. The number of hydrogen-bond acceptors (Lipinski definition) is 3. The zero-order chi connectivity index (χ0) is 10.3. The van der Waals surface area contributed by atoms with E-state index in [2.05, 4.69) is 15.1 Å². The zero-order valence-electron chi connectivity index (χ0n) is 7.76. The molecular formula is C10H7ClN4. The second kappa shape index (κ2) is 3.17. The molecule has 2 aromatic heterocycles. The van der Waals surface area contributed by atoms with Gasteiger partial charge in [0.1, 0.15) is 6.33 Å². The molecule has 5 heteroatoms. The molecule has 0 N–H and O–H groups in total. The second-order valence-electron chi connectivity index (χ2n) is 3.19. The van der Waals surface area contributed by atoms with Crippen LogP contribution in [0.4, 0.5) is 0 Å². The van der Waals surface area contributed by atoms with Crippen molar-refractivity contribution in [3.05, 3.63) is 36.4 Å². The van der Waals surface area contributed by atoms with Crippen LogP contribution < -0.4 is 0 Å². The number of para-hydroxylation sites is 1. The molecule has 4 nitrogen and oxygen atoms in total. The second-order valence-corrected chi connectivity index (χ2v) is 3.46. The fourth-order valence-electron chi connectivity index (χ4n) is 1.58. The summed E-state index contributed by atoms with van der Waals surface area (Å²) in [6.45, 7) is 0. The van der Waals surface area contributed by atoms with Gasteiger partial charge in [-0.3, -0.25) is 0 Å². The molecule has 0 amide bonds. The van der Waals surface area contributed by atoms with Crippen molar-refractivity contribution in [1.82, 2.24) is 19.6 Å². The summed E-state index contributed by atoms with van der Waals surface area (Å²) < 4.78 is 1.65. The lowest BCUT2D eigenvalue weighted by molar-refractivity contribution is 0.902. The fourth-order valence-corrected chi connectivity index (χ4v) is 1.69. The van der Waals surface area contributed by atoms with Crippen molar-refractivity contribution in [2.75, 3.05) is 0 Å². The van der Waals surface area contributed by atoms with Gasteiger partial charge in [-0.05, 0) is 12.1 Å². The maximum absolute atomic E-state index is 5.69. The highest BCUT2D eigenvalue weighted by atomic mass is 35.5. The first-order valence-electron chi connectivity index (χ1n) is 4.53. The van der Waals surface area contributed by atoms with E-state index in [0.717, 1.165) is 16.6 Å². The van der Waals surface area contributed by atoms with Crippen LogP contribution in [0.2, 0.25) is 0 Å². The third kappa shape index (κ3) is 1.26. The molecule has 15 heavy (non-hydrogen) atoms. The molecule has 0 bridgehead atoms. The third-order valence-corrected chi connectivity index (χ3v) is 2.48. The molecule has 2 heterocycles. The molecule has 0 fully saturated rings. The molecule has 0 saturated carbocycles. The molecular weight excluding hydrogens is 212 g/mol. The van der Waals surface area contributed by atoms with Crippen molar-refractivity contribution in [3.63, 3.8) is 0 Å². The predicted octanol–water partition coefficient (Wildman–Crippen LogP) is 2.02. The van der Waals surface area contributed by atoms with Crippen molar-refractivity contribution in [3.8, 4) is 0 Å². The van der Waals surface area contributed by atoms with Gasteiger partial charge < -0.3 is 0 Å². The van der Waals surface area contributed by atoms with Crippen LogP contribution in [0.3, 0.4) is 0 Å². The van der Waals surface area contributed by atoms with E-state index in [4.69, 9.17) is 11.6 Å². The minimum absolute atomic E-state index is 0.315. The van der Waals surface area contributed by atoms with E-state index >= 15 is 0 Å². The fraction of sp³-hybridized carbons (Fsp3) is 0.100. The highest BCUT2D eigenvalue weighted by Crippen LogP contribution is 2.15. The van der Waals surface area contributed by atoms with Gasteiger partial charge in [0.2, 0.25) is 0 Å². The van der Waals surface area contributed by atoms with E-state index in [1.54, 1.807) is 10.8 Å². The molecule has 0 aliphatic carbocycles. The van der Waals surface area contributed by atoms with Crippen LogP contribution >= 0.6 is 11.6 Å². The molecule has 0 aliphatic heterocycles. The van der Waals surface area contributed by atoms with Crippen LogP contribution in [0.15, 0.2) is 30.6 Å². The highest BCUT2D eigenvalue weighted by molar-refractivity contribution is 6.16. The molecule has 3 rings (SSSR count). The Kier molecular flexibility index (Phi) is 1.82. The van der Waals surface area contributed by atoms with Crippen LogP contribution in [0, 0.1) is 0 Å². The minimum Gasteiger partial charge on any atom is -0.236 e. The van der Waals surface area contributed by atoms with Gasteiger partial charge in [0.05, 0.1) is 11.4 Å². The lowest BCUT2D eigenvalue weighted by Gasteiger charge is -1.96. The summed E-state index contributed by atoms with van der Waals surface area (Å²) in [4.78, 5) is 8.61. The van der Waals surface area contributed by atoms with E-state index in [-0.39, 0.29) is 0 Å². The van der Waals surface area contributed by atoms with Crippen LogP contribution in [-0.4, -0.2) is 19.6 Å². The Labute approximate surface area is 90.5 Å². The molecule has 74 valence electrons. The first kappa shape index (κ1) is 8.61. The van der Waals surface area contributed by atoms with E-state index in [1.165, 1.54) is 0 Å². The van der Waals surface area contributed by atoms with Gasteiger partial charge in [-0.15, -0.1) is 16.7 Å². The Morgan fingerprint density at radius 1 is 1.27 bits per heavy atom. The summed E-state index contributed by atoms with van der Waals surface area (Å²) in [6.07, 6.45) is 1.65. The molecule has 0 spiro atoms. The van der Waals surface area contributed by atoms with Crippen molar-refractivity contribution in [1.29, 1.82) is 0 Å². The standard InChI is InChI=1S/C10H7ClN4/c11-5-9-13-10-7-3-1-2-4-8(7)12-6-15(10)14-9/h1-4,6H,5H2. The first-order chi connectivity index (χ1) is 7.38. The Morgan fingerprint density at radius 2 is 2.13 bits per heavy atom. The summed E-state index contributed by atoms with van der Waals surface area (Å²) in [6, 6.07) is 7.83. The monoisotopic (exact) mass is 218 g/mol. The average Bonchev–Trinajstić information content (AvgIpc) is 2.72. The topological polar surface area (TPSA) is 43.1 Å². The van der Waals surface area contributed by atoms with Gasteiger partial charge in [-0.25, -0.2) is 14.5 Å². The molecule has 0 aliphatic rings. The van der Waals surface area contributed by atoms with Crippen molar-refractivity contribution >= 4 is 28.2 Å². The zero-order valence-corrected chi connectivity index (χ0v) is 8.52. The number of aromatic nitrogens is 4. The van der Waals surface area contributed by atoms with E-state index in [1.807, 2.05) is 24.3 Å². The van der Waals surface area contributed by atoms with Gasteiger partial charge in [0, 0.05) is 5.39 Å². The Hall–Kier alpha value is -1.68. The van der Waals surface area contributed by atoms with Crippen LogP contribution in [-0.2, 0) is 5.88 Å². The van der Waals surface area contributed by atoms with Crippen LogP contribution in [0.5, 0.6) is 0 Å². The molecule has 1 aromatic carbocycles. The average molecular weight is 219 g/mol. The maximum Gasteiger partial charge on any atom is 0.166 e. The van der Waals surface area contributed by atoms with Gasteiger partial charge in [-0.1, -0.05) is 12.1 Å². The van der Waals surface area contributed by atoms with Crippen molar-refractivity contribution < 1.29 is 0 Å². The van der Waals surface area contributed by atoms with Gasteiger partial charge in [-0.2, -0.15) is 0 Å². The van der Waals surface area contributed by atoms with E-state index < -0.39 is 0 Å². The number of nitrogens with zero attached hydrogens (tertiary/aromatic N) is 4. The first-order valence-corrected chi connectivity index (χ1v) is 5.07. The van der Waals surface area contributed by atoms with E-state index in [9.17, 15) is 0 Å². The predicted molar refractivity (Wildman–Crippen MR) is 57.8 cm³/mol.